The number of rotatable bonds is 18. The minimum Gasteiger partial charge on any atom is -0.351 e. The van der Waals surface area contributed by atoms with E-state index in [4.69, 9.17) is 18.9 Å². The number of nitrogens with zero attached hydrogens (tertiary/aromatic N) is 2. The maximum Gasteiger partial charge on any atom is 0.261 e. The summed E-state index contributed by atoms with van der Waals surface area (Å²) in [5.74, 6) is -0.491. The average molecular weight is 715 g/mol. The number of hydrogen-bond donors (Lipinski definition) is 0. The monoisotopic (exact) mass is 714 g/mol. The Morgan fingerprint density at radius 2 is 1.23 bits per heavy atom. The Kier molecular flexibility index (Phi) is 12.7. The van der Waals surface area contributed by atoms with Gasteiger partial charge >= 0.3 is 0 Å². The number of thiophene rings is 3. The highest BCUT2D eigenvalue weighted by molar-refractivity contribution is 8.07. The second-order valence-electron chi connectivity index (χ2n) is 10.4. The predicted molar refractivity (Wildman–Crippen MR) is 195 cm³/mol. The molecule has 47 heavy (non-hydrogen) atoms. The number of thioether (sulfide) groups is 1. The molecule has 0 aromatic carbocycles. The highest BCUT2D eigenvalue weighted by Crippen LogP contribution is 2.50. The van der Waals surface area contributed by atoms with E-state index in [0.717, 1.165) is 30.8 Å². The molecule has 0 saturated carbocycles. The fraction of sp³-hybridized carbons (Fsp3) is 0.429. The van der Waals surface area contributed by atoms with Crippen LogP contribution in [-0.4, -0.2) is 80.0 Å². The van der Waals surface area contributed by atoms with Gasteiger partial charge in [-0.05, 0) is 76.1 Å². The Morgan fingerprint density at radius 1 is 0.723 bits per heavy atom. The maximum absolute atomic E-state index is 14.7. The minimum atomic E-state index is -0.646. The van der Waals surface area contributed by atoms with Gasteiger partial charge < -0.3 is 28.7 Å². The van der Waals surface area contributed by atoms with Crippen LogP contribution in [0.3, 0.4) is 0 Å². The minimum absolute atomic E-state index is 0.154. The summed E-state index contributed by atoms with van der Waals surface area (Å²) in [6, 6.07) is 12.2. The Morgan fingerprint density at radius 3 is 1.70 bits per heavy atom. The van der Waals surface area contributed by atoms with Crippen LogP contribution in [0.15, 0.2) is 59.0 Å². The van der Waals surface area contributed by atoms with Crippen LogP contribution in [0, 0.1) is 0 Å². The standard InChI is InChI=1S/C35H42N2O6S4/c1-7-13-22(44-6)24-15-17-26(46-24)32-30-31(35(39)36(32)20-28(40-8-2)41-9-3)33(27-18-16-25(47-27)23-14-12-19-45-23)37(34(30)38)21-29(42-10-4)43-11-5/h12-19,28-29H,7-11,20-21H2,1-6H3/b22-13-. The zero-order valence-corrected chi connectivity index (χ0v) is 31.0. The molecule has 0 saturated heterocycles. The molecule has 2 amide bonds. The van der Waals surface area contributed by atoms with Gasteiger partial charge in [-0.3, -0.25) is 9.59 Å². The summed E-state index contributed by atoms with van der Waals surface area (Å²) in [6.07, 6.45) is 3.88. The van der Waals surface area contributed by atoms with Gasteiger partial charge in [-0.25, -0.2) is 0 Å². The van der Waals surface area contributed by atoms with Crippen LogP contribution in [0.5, 0.6) is 0 Å². The molecule has 0 atom stereocenters. The maximum atomic E-state index is 14.7. The zero-order valence-electron chi connectivity index (χ0n) is 27.7. The molecule has 0 radical (unpaired) electrons. The van der Waals surface area contributed by atoms with Crippen LogP contribution in [0.25, 0.3) is 26.1 Å². The van der Waals surface area contributed by atoms with Crippen molar-refractivity contribution in [3.8, 4) is 9.75 Å². The molecule has 0 unspecified atom stereocenters. The van der Waals surface area contributed by atoms with Crippen molar-refractivity contribution in [3.05, 3.63) is 73.6 Å². The second-order valence-corrected chi connectivity index (χ2v) is 14.4. The van der Waals surface area contributed by atoms with Gasteiger partial charge in [0.05, 0.1) is 45.4 Å². The molecule has 0 N–H and O–H groups in total. The number of hydrogen-bond acceptors (Lipinski definition) is 10. The summed E-state index contributed by atoms with van der Waals surface area (Å²) in [6.45, 7) is 11.7. The van der Waals surface area contributed by atoms with Gasteiger partial charge in [0, 0.05) is 46.0 Å². The summed E-state index contributed by atoms with van der Waals surface area (Å²) in [7, 11) is 0. The molecule has 0 fully saturated rings. The molecule has 0 bridgehead atoms. The lowest BCUT2D eigenvalue weighted by molar-refractivity contribution is -0.151. The molecule has 0 aliphatic carbocycles. The first kappa shape index (κ1) is 35.7. The van der Waals surface area contributed by atoms with Crippen LogP contribution in [0.1, 0.15) is 55.7 Å². The highest BCUT2D eigenvalue weighted by Gasteiger charge is 2.50. The number of allylic oxidation sites excluding steroid dienone is 1. The number of carbonyl (C=O) groups is 2. The smallest absolute Gasteiger partial charge is 0.261 e. The Bertz CT molecular complexity index is 1620. The van der Waals surface area contributed by atoms with Gasteiger partial charge in [-0.15, -0.1) is 45.8 Å². The molecule has 0 spiro atoms. The van der Waals surface area contributed by atoms with Crippen molar-refractivity contribution in [3.63, 3.8) is 0 Å². The number of fused-ring (bicyclic) bond motifs is 1. The Hall–Kier alpha value is -2.55. The molecule has 252 valence electrons. The van der Waals surface area contributed by atoms with Crippen molar-refractivity contribution in [2.45, 2.75) is 53.6 Å². The lowest BCUT2D eigenvalue weighted by atomic mass is 10.1. The van der Waals surface area contributed by atoms with Crippen molar-refractivity contribution < 1.29 is 28.5 Å². The van der Waals surface area contributed by atoms with E-state index in [0.29, 0.717) is 49.0 Å². The lowest BCUT2D eigenvalue weighted by Gasteiger charge is -2.28. The van der Waals surface area contributed by atoms with Crippen molar-refractivity contribution in [1.82, 2.24) is 9.80 Å². The molecule has 5 rings (SSSR count). The van der Waals surface area contributed by atoms with E-state index < -0.39 is 12.6 Å². The molecular formula is C35H42N2O6S4. The topological polar surface area (TPSA) is 77.5 Å². The number of amides is 2. The molecule has 2 aliphatic heterocycles. The fourth-order valence-electron chi connectivity index (χ4n) is 5.69. The summed E-state index contributed by atoms with van der Waals surface area (Å²) >= 11 is 6.50. The molecule has 2 aliphatic rings. The van der Waals surface area contributed by atoms with Crippen LogP contribution < -0.4 is 0 Å². The Labute approximate surface area is 293 Å². The predicted octanol–water partition coefficient (Wildman–Crippen LogP) is 8.26. The van der Waals surface area contributed by atoms with Gasteiger partial charge in [-0.1, -0.05) is 19.1 Å². The first-order valence-electron chi connectivity index (χ1n) is 16.0. The third-order valence-electron chi connectivity index (χ3n) is 7.55. The van der Waals surface area contributed by atoms with Crippen molar-refractivity contribution in [2.75, 3.05) is 45.8 Å². The largest absolute Gasteiger partial charge is 0.351 e. The zero-order chi connectivity index (χ0) is 33.5. The van der Waals surface area contributed by atoms with Gasteiger partial charge in [0.15, 0.2) is 12.6 Å². The SMILES string of the molecule is CC/C=C(\SC)c1ccc(C2=C3C(=O)N(CC(OCC)OCC)C(c4ccc(-c5cccs5)s4)=C3C(=O)N2CC(OCC)OCC)s1. The third-order valence-corrected chi connectivity index (χ3v) is 11.8. The van der Waals surface area contributed by atoms with Crippen LogP contribution >= 0.6 is 45.8 Å². The summed E-state index contributed by atoms with van der Waals surface area (Å²) in [5, 5.41) is 2.04. The molecule has 12 heteroatoms. The van der Waals surface area contributed by atoms with Gasteiger partial charge in [-0.2, -0.15) is 0 Å². The van der Waals surface area contributed by atoms with Gasteiger partial charge in [0.25, 0.3) is 11.8 Å². The van der Waals surface area contributed by atoms with Crippen LogP contribution in [0.4, 0.5) is 0 Å². The molecule has 3 aromatic heterocycles. The van der Waals surface area contributed by atoms with E-state index >= 15 is 0 Å². The van der Waals surface area contributed by atoms with E-state index in [1.807, 2.05) is 51.3 Å². The Balaban J connectivity index is 1.71. The molecular weight excluding hydrogens is 673 g/mol. The number of ether oxygens (including phenoxy) is 4. The first-order valence-corrected chi connectivity index (χ1v) is 19.7. The second kappa shape index (κ2) is 16.7. The quantitative estimate of drug-likeness (QED) is 0.123. The van der Waals surface area contributed by atoms with E-state index in [-0.39, 0.29) is 24.9 Å². The highest BCUT2D eigenvalue weighted by atomic mass is 32.2. The van der Waals surface area contributed by atoms with Crippen LogP contribution in [-0.2, 0) is 28.5 Å². The summed E-state index contributed by atoms with van der Waals surface area (Å²) in [5.41, 5.74) is 1.97. The van der Waals surface area contributed by atoms with E-state index in [1.165, 1.54) is 4.91 Å². The number of carbonyl (C=O) groups excluding carboxylic acids is 2. The van der Waals surface area contributed by atoms with Crippen molar-refractivity contribution >= 4 is 73.9 Å². The van der Waals surface area contributed by atoms with Crippen LogP contribution in [0.2, 0.25) is 0 Å². The fourth-order valence-corrected chi connectivity index (χ4v) is 9.57. The van der Waals surface area contributed by atoms with Gasteiger partial charge in [0.1, 0.15) is 0 Å². The van der Waals surface area contributed by atoms with E-state index in [1.54, 1.807) is 55.6 Å². The lowest BCUT2D eigenvalue weighted by Crippen LogP contribution is -2.39. The first-order chi connectivity index (χ1) is 22.9. The third kappa shape index (κ3) is 7.55. The summed E-state index contributed by atoms with van der Waals surface area (Å²) < 4.78 is 23.6. The van der Waals surface area contributed by atoms with E-state index in [2.05, 4.69) is 37.5 Å². The summed E-state index contributed by atoms with van der Waals surface area (Å²) in [4.78, 5) is 39.0. The van der Waals surface area contributed by atoms with E-state index in [9.17, 15) is 9.59 Å². The average Bonchev–Trinajstić information content (AvgIpc) is 3.90. The van der Waals surface area contributed by atoms with Crippen molar-refractivity contribution in [1.29, 1.82) is 0 Å². The molecule has 3 aromatic rings. The van der Waals surface area contributed by atoms with Gasteiger partial charge in [0.2, 0.25) is 0 Å². The molecule has 8 nitrogen and oxygen atoms in total. The normalized spacial score (nSPS) is 15.5. The van der Waals surface area contributed by atoms with Crippen molar-refractivity contribution in [2.24, 2.45) is 0 Å². The molecule has 5 heterocycles.